The summed E-state index contributed by atoms with van der Waals surface area (Å²) in [5, 5.41) is 0. The van der Waals surface area contributed by atoms with Gasteiger partial charge in [-0.1, -0.05) is 234 Å². The van der Waals surface area contributed by atoms with Gasteiger partial charge in [-0.3, -0.25) is 0 Å². The summed E-state index contributed by atoms with van der Waals surface area (Å²) in [6.45, 7) is 43.0. The van der Waals surface area contributed by atoms with Crippen LogP contribution in [-0.4, -0.2) is 0 Å². The minimum absolute atomic E-state index is 0.0607. The summed E-state index contributed by atoms with van der Waals surface area (Å²) in [5.74, 6) is 0. The van der Waals surface area contributed by atoms with Gasteiger partial charge >= 0.3 is 0 Å². The van der Waals surface area contributed by atoms with Crippen molar-refractivity contribution < 1.29 is 0 Å². The largest absolute Gasteiger partial charge is 0.0648 e. The zero-order valence-electron chi connectivity index (χ0n) is 41.4. The lowest BCUT2D eigenvalue weighted by atomic mass is 9.37. The maximum Gasteiger partial charge on any atom is 0.0648 e. The van der Waals surface area contributed by atoms with Crippen LogP contribution < -0.4 is 0 Å². The normalized spacial score (nSPS) is 19.3. The maximum atomic E-state index is 2.67. The molecule has 0 heteroatoms. The van der Waals surface area contributed by atoms with Crippen LogP contribution in [0.5, 0.6) is 0 Å². The number of hydrogen-bond acceptors (Lipinski definition) is 0. The molecule has 0 heterocycles. The second-order valence-electron chi connectivity index (χ2n) is 25.6. The smallest absolute Gasteiger partial charge is 0.0579 e. The maximum absolute atomic E-state index is 2.67. The lowest BCUT2D eigenvalue weighted by Gasteiger charge is -2.63. The predicted molar refractivity (Wildman–Crippen MR) is 268 cm³/mol. The molecule has 0 atom stereocenters. The van der Waals surface area contributed by atoms with Gasteiger partial charge in [0.2, 0.25) is 0 Å². The number of fused-ring (bicyclic) bond motifs is 9. The van der Waals surface area contributed by atoms with E-state index in [0.717, 1.165) is 0 Å². The fraction of sp³-hybridized carbons (Fsp3) is 0.419. The summed E-state index contributed by atoms with van der Waals surface area (Å²) in [6.07, 6.45) is 0. The third-order valence-electron chi connectivity index (χ3n) is 15.2. The molecule has 3 aliphatic rings. The number of benzene rings is 6. The molecule has 62 heavy (non-hydrogen) atoms. The zero-order chi connectivity index (χ0) is 45.1. The molecule has 6 aromatic carbocycles. The van der Waals surface area contributed by atoms with E-state index in [0.29, 0.717) is 0 Å². The summed E-state index contributed by atoms with van der Waals surface area (Å²) in [5.41, 5.74) is 23.3. The summed E-state index contributed by atoms with van der Waals surface area (Å²) in [7, 11) is 0. The van der Waals surface area contributed by atoms with Crippen LogP contribution in [0.2, 0.25) is 0 Å². The van der Waals surface area contributed by atoms with Gasteiger partial charge in [-0.2, -0.15) is 0 Å². The van der Waals surface area contributed by atoms with Crippen molar-refractivity contribution >= 4 is 0 Å². The first-order valence-corrected chi connectivity index (χ1v) is 23.4. The van der Waals surface area contributed by atoms with Crippen molar-refractivity contribution in [2.45, 2.75) is 168 Å². The topological polar surface area (TPSA) is 0 Å². The molecular weight excluding hydrogens is 745 g/mol. The van der Waals surface area contributed by atoms with E-state index < -0.39 is 10.8 Å². The van der Waals surface area contributed by atoms with Gasteiger partial charge in [0.05, 0.1) is 10.8 Å². The highest BCUT2D eigenvalue weighted by atomic mass is 14.7. The standard InChI is InChI=1S/C62H72/c1-55(2,3)37-19-25-43-44-26-20-40(58(10,11)12)34-52(44)62-53-35-41(59(13,14)15)23-29-47(53)45-27-21-38(56(4,5)6)32-50(45)61(62,49(43)31-37)51-33-39(57(7,8)9)22-28-46(51)48-30-24-42(36-54(48)62)60(16,17)18/h19-36H,1-18H3. The Bertz CT molecular complexity index is 2320. The summed E-state index contributed by atoms with van der Waals surface area (Å²) >= 11 is 0. The monoisotopic (exact) mass is 817 g/mol. The van der Waals surface area contributed by atoms with Crippen molar-refractivity contribution in [2.75, 3.05) is 0 Å². The molecule has 3 aliphatic carbocycles. The molecule has 0 fully saturated rings. The van der Waals surface area contributed by atoms with Crippen LogP contribution >= 0.6 is 0 Å². The zero-order valence-corrected chi connectivity index (χ0v) is 41.4. The van der Waals surface area contributed by atoms with Crippen LogP contribution in [-0.2, 0) is 43.3 Å². The first kappa shape index (κ1) is 42.6. The molecule has 0 N–H and O–H groups in total. The molecule has 0 bridgehead atoms. The van der Waals surface area contributed by atoms with Gasteiger partial charge in [0.15, 0.2) is 0 Å². The molecule has 0 spiro atoms. The van der Waals surface area contributed by atoms with Gasteiger partial charge in [-0.05, 0) is 133 Å². The van der Waals surface area contributed by atoms with Crippen molar-refractivity contribution in [1.82, 2.24) is 0 Å². The highest BCUT2D eigenvalue weighted by Gasteiger charge is 2.67. The molecule has 9 rings (SSSR count). The van der Waals surface area contributed by atoms with Crippen LogP contribution in [0.3, 0.4) is 0 Å². The van der Waals surface area contributed by atoms with E-state index in [1.54, 1.807) is 0 Å². The Labute approximate surface area is 375 Å². The van der Waals surface area contributed by atoms with Crippen LogP contribution in [0.15, 0.2) is 109 Å². The lowest BCUT2D eigenvalue weighted by Crippen LogP contribution is -2.59. The number of rotatable bonds is 0. The summed E-state index contributed by atoms with van der Waals surface area (Å²) in [6, 6.07) is 45.7. The summed E-state index contributed by atoms with van der Waals surface area (Å²) in [4.78, 5) is 0. The van der Waals surface area contributed by atoms with E-state index in [2.05, 4.69) is 234 Å². The molecule has 0 unspecified atom stereocenters. The quantitative estimate of drug-likeness (QED) is 0.143. The van der Waals surface area contributed by atoms with Gasteiger partial charge in [0.25, 0.3) is 0 Å². The Morgan fingerprint density at radius 3 is 0.452 bits per heavy atom. The van der Waals surface area contributed by atoms with Gasteiger partial charge in [0.1, 0.15) is 0 Å². The Morgan fingerprint density at radius 1 is 0.210 bits per heavy atom. The minimum atomic E-state index is -0.646. The Balaban J connectivity index is 1.69. The van der Waals surface area contributed by atoms with Crippen LogP contribution in [0.25, 0.3) is 33.4 Å². The van der Waals surface area contributed by atoms with Crippen molar-refractivity contribution in [3.05, 3.63) is 176 Å². The van der Waals surface area contributed by atoms with Crippen LogP contribution in [0, 0.1) is 0 Å². The van der Waals surface area contributed by atoms with E-state index in [1.165, 1.54) is 100 Å². The number of hydrogen-bond donors (Lipinski definition) is 0. The average molecular weight is 817 g/mol. The Kier molecular flexibility index (Phi) is 8.91. The lowest BCUT2D eigenvalue weighted by molar-refractivity contribution is 0.398. The minimum Gasteiger partial charge on any atom is -0.0579 e. The van der Waals surface area contributed by atoms with Crippen molar-refractivity contribution in [1.29, 1.82) is 0 Å². The van der Waals surface area contributed by atoms with Crippen LogP contribution in [0.4, 0.5) is 0 Å². The van der Waals surface area contributed by atoms with E-state index in [9.17, 15) is 0 Å². The van der Waals surface area contributed by atoms with E-state index in [1.807, 2.05) is 0 Å². The third kappa shape index (κ3) is 5.90. The van der Waals surface area contributed by atoms with Gasteiger partial charge in [-0.25, -0.2) is 0 Å². The van der Waals surface area contributed by atoms with Gasteiger partial charge < -0.3 is 0 Å². The Hall–Kier alpha value is -4.68. The average Bonchev–Trinajstić information content (AvgIpc) is 3.17. The van der Waals surface area contributed by atoms with Gasteiger partial charge in [0, 0.05) is 0 Å². The van der Waals surface area contributed by atoms with Crippen molar-refractivity contribution in [3.8, 4) is 33.4 Å². The molecule has 0 nitrogen and oxygen atoms in total. The first-order valence-electron chi connectivity index (χ1n) is 23.4. The van der Waals surface area contributed by atoms with E-state index in [-0.39, 0.29) is 32.5 Å². The second-order valence-corrected chi connectivity index (χ2v) is 25.6. The first-order chi connectivity index (χ1) is 28.5. The molecular formula is C62H72. The van der Waals surface area contributed by atoms with Crippen molar-refractivity contribution in [2.24, 2.45) is 0 Å². The molecule has 0 saturated carbocycles. The SMILES string of the molecule is CC(C)(C)c1ccc2c(c1)C13c4cc(C(C)(C)C)ccc4-c4ccc(C(C)(C)C)cc4C1(c1cc(C(C)(C)C)ccc1-2)c1cc(C(C)(C)C)ccc1-c1ccc(C(C)(C)C)cc13. The molecule has 0 radical (unpaired) electrons. The molecule has 6 aromatic rings. The van der Waals surface area contributed by atoms with Gasteiger partial charge in [-0.15, -0.1) is 0 Å². The highest BCUT2D eigenvalue weighted by Crippen LogP contribution is 2.74. The highest BCUT2D eigenvalue weighted by molar-refractivity contribution is 5.99. The molecule has 0 amide bonds. The summed E-state index contributed by atoms with van der Waals surface area (Å²) < 4.78 is 0. The third-order valence-corrected chi connectivity index (χ3v) is 15.2. The molecule has 320 valence electrons. The van der Waals surface area contributed by atoms with Crippen LogP contribution in [0.1, 0.15) is 191 Å². The fourth-order valence-corrected chi connectivity index (χ4v) is 11.4. The Morgan fingerprint density at radius 2 is 0.339 bits per heavy atom. The fourth-order valence-electron chi connectivity index (χ4n) is 11.4. The molecule has 0 saturated heterocycles. The molecule has 0 aliphatic heterocycles. The molecule has 0 aromatic heterocycles. The second kappa shape index (κ2) is 13.0. The predicted octanol–water partition coefficient (Wildman–Crippen LogP) is 16.8. The van der Waals surface area contributed by atoms with E-state index >= 15 is 0 Å². The van der Waals surface area contributed by atoms with Crippen molar-refractivity contribution in [3.63, 3.8) is 0 Å². The van der Waals surface area contributed by atoms with E-state index in [4.69, 9.17) is 0 Å².